The van der Waals surface area contributed by atoms with Crippen molar-refractivity contribution in [2.45, 2.75) is 6.92 Å². The molecule has 5 nitrogen and oxygen atoms in total. The number of hydrogen-bond acceptors (Lipinski definition) is 5. The van der Waals surface area contributed by atoms with Crippen LogP contribution in [-0.4, -0.2) is 20.9 Å². The van der Waals surface area contributed by atoms with Gasteiger partial charge in [0.2, 0.25) is 0 Å². The molecule has 0 spiro atoms. The topological polar surface area (TPSA) is 70.7 Å². The average Bonchev–Trinajstić information content (AvgIpc) is 3.35. The van der Waals surface area contributed by atoms with Gasteiger partial charge in [0.15, 0.2) is 5.13 Å². The maximum absolute atomic E-state index is 12.4. The monoisotopic (exact) mass is 366 g/mol. The SMILES string of the molecule is Cc1nc(-c2c[nH]c(C(=O)Nc3ncc(-c4ccccc4)s3)c2)cs1. The zero-order chi connectivity index (χ0) is 17.2. The number of carbonyl (C=O) groups excluding carboxylic acids is 1. The largest absolute Gasteiger partial charge is 0.357 e. The molecule has 3 heterocycles. The van der Waals surface area contributed by atoms with E-state index in [-0.39, 0.29) is 5.91 Å². The summed E-state index contributed by atoms with van der Waals surface area (Å²) in [5.41, 5.74) is 3.34. The van der Waals surface area contributed by atoms with E-state index < -0.39 is 0 Å². The second-order valence-electron chi connectivity index (χ2n) is 5.40. The van der Waals surface area contributed by atoms with E-state index in [9.17, 15) is 4.79 Å². The Morgan fingerprint density at radius 3 is 2.80 bits per heavy atom. The summed E-state index contributed by atoms with van der Waals surface area (Å²) < 4.78 is 0. The van der Waals surface area contributed by atoms with Gasteiger partial charge in [-0.3, -0.25) is 10.1 Å². The van der Waals surface area contributed by atoms with E-state index in [4.69, 9.17) is 0 Å². The second-order valence-corrected chi connectivity index (χ2v) is 7.50. The third-order valence-corrected chi connectivity index (χ3v) is 5.36. The van der Waals surface area contributed by atoms with Crippen LogP contribution in [-0.2, 0) is 0 Å². The smallest absolute Gasteiger partial charge is 0.273 e. The fourth-order valence-electron chi connectivity index (χ4n) is 2.40. The molecule has 7 heteroatoms. The number of nitrogens with one attached hydrogen (secondary N) is 2. The van der Waals surface area contributed by atoms with Gasteiger partial charge < -0.3 is 4.98 Å². The lowest BCUT2D eigenvalue weighted by atomic mass is 10.2. The molecule has 0 bridgehead atoms. The van der Waals surface area contributed by atoms with Gasteiger partial charge in [0.25, 0.3) is 5.91 Å². The summed E-state index contributed by atoms with van der Waals surface area (Å²) in [6, 6.07) is 11.8. The van der Waals surface area contributed by atoms with Crippen molar-refractivity contribution in [2.75, 3.05) is 5.32 Å². The summed E-state index contributed by atoms with van der Waals surface area (Å²) in [5, 5.41) is 6.39. The summed E-state index contributed by atoms with van der Waals surface area (Å²) in [6.45, 7) is 1.96. The number of nitrogens with zero attached hydrogens (tertiary/aromatic N) is 2. The van der Waals surface area contributed by atoms with Crippen molar-refractivity contribution in [3.05, 3.63) is 64.9 Å². The van der Waals surface area contributed by atoms with E-state index >= 15 is 0 Å². The number of aromatic nitrogens is 3. The van der Waals surface area contributed by atoms with E-state index in [1.54, 1.807) is 29.8 Å². The number of aromatic amines is 1. The molecule has 0 saturated heterocycles. The first-order valence-electron chi connectivity index (χ1n) is 7.62. The summed E-state index contributed by atoms with van der Waals surface area (Å²) in [6.07, 6.45) is 3.56. The van der Waals surface area contributed by atoms with Gasteiger partial charge in [-0.1, -0.05) is 41.7 Å². The molecule has 1 aromatic carbocycles. The highest BCUT2D eigenvalue weighted by atomic mass is 32.1. The third-order valence-electron chi connectivity index (χ3n) is 3.63. The number of benzene rings is 1. The van der Waals surface area contributed by atoms with Crippen LogP contribution in [0.3, 0.4) is 0 Å². The minimum absolute atomic E-state index is 0.216. The van der Waals surface area contributed by atoms with Gasteiger partial charge in [-0.25, -0.2) is 9.97 Å². The molecule has 4 rings (SSSR count). The normalized spacial score (nSPS) is 10.8. The van der Waals surface area contributed by atoms with E-state index in [1.807, 2.05) is 42.6 Å². The third kappa shape index (κ3) is 3.38. The van der Waals surface area contributed by atoms with Gasteiger partial charge in [0.05, 0.1) is 15.6 Å². The summed E-state index contributed by atoms with van der Waals surface area (Å²) in [4.78, 5) is 25.2. The minimum Gasteiger partial charge on any atom is -0.357 e. The first-order valence-corrected chi connectivity index (χ1v) is 9.32. The van der Waals surface area contributed by atoms with Crippen LogP contribution in [0.15, 0.2) is 54.2 Å². The standard InChI is InChI=1S/C18H14N4OS2/c1-11-21-15(10-24-11)13-7-14(19-8-13)17(23)22-18-20-9-16(25-18)12-5-3-2-4-6-12/h2-10,19H,1H3,(H,20,22,23). The van der Waals surface area contributed by atoms with Gasteiger partial charge in [-0.05, 0) is 18.6 Å². The van der Waals surface area contributed by atoms with Crippen LogP contribution in [0.2, 0.25) is 0 Å². The van der Waals surface area contributed by atoms with E-state index in [1.165, 1.54) is 11.3 Å². The Balaban J connectivity index is 1.49. The number of anilines is 1. The van der Waals surface area contributed by atoms with Crippen LogP contribution in [0.25, 0.3) is 21.7 Å². The van der Waals surface area contributed by atoms with E-state index in [0.29, 0.717) is 10.8 Å². The van der Waals surface area contributed by atoms with Gasteiger partial charge in [0, 0.05) is 23.3 Å². The molecular weight excluding hydrogens is 352 g/mol. The first kappa shape index (κ1) is 15.7. The van der Waals surface area contributed by atoms with Crippen molar-refractivity contribution in [1.29, 1.82) is 0 Å². The number of H-pyrrole nitrogens is 1. The van der Waals surface area contributed by atoms with Gasteiger partial charge in [-0.2, -0.15) is 0 Å². The quantitative estimate of drug-likeness (QED) is 0.544. The fourth-order valence-corrected chi connectivity index (χ4v) is 3.84. The highest BCUT2D eigenvalue weighted by Crippen LogP contribution is 2.29. The van der Waals surface area contributed by atoms with Crippen LogP contribution in [0.5, 0.6) is 0 Å². The maximum atomic E-state index is 12.4. The Morgan fingerprint density at radius 2 is 2.04 bits per heavy atom. The lowest BCUT2D eigenvalue weighted by Gasteiger charge is -1.98. The highest BCUT2D eigenvalue weighted by Gasteiger charge is 2.13. The number of aryl methyl sites for hydroxylation is 1. The van der Waals surface area contributed by atoms with Crippen molar-refractivity contribution in [2.24, 2.45) is 0 Å². The van der Waals surface area contributed by atoms with Gasteiger partial charge in [0.1, 0.15) is 5.69 Å². The van der Waals surface area contributed by atoms with Crippen molar-refractivity contribution in [1.82, 2.24) is 15.0 Å². The lowest BCUT2D eigenvalue weighted by Crippen LogP contribution is -2.11. The predicted octanol–water partition coefficient (Wildman–Crippen LogP) is 4.82. The minimum atomic E-state index is -0.216. The van der Waals surface area contributed by atoms with Crippen molar-refractivity contribution >= 4 is 33.7 Å². The maximum Gasteiger partial charge on any atom is 0.273 e. The number of carbonyl (C=O) groups is 1. The fraction of sp³-hybridized carbons (Fsp3) is 0.0556. The molecule has 4 aromatic rings. The summed E-state index contributed by atoms with van der Waals surface area (Å²) >= 11 is 3.03. The number of hydrogen-bond donors (Lipinski definition) is 2. The molecule has 0 fully saturated rings. The zero-order valence-corrected chi connectivity index (χ0v) is 14.9. The van der Waals surface area contributed by atoms with Crippen LogP contribution in [0, 0.1) is 6.92 Å². The highest BCUT2D eigenvalue weighted by molar-refractivity contribution is 7.19. The summed E-state index contributed by atoms with van der Waals surface area (Å²) in [5.74, 6) is -0.216. The molecule has 0 aliphatic carbocycles. The molecular formula is C18H14N4OS2. The van der Waals surface area contributed by atoms with Gasteiger partial charge >= 0.3 is 0 Å². The Bertz CT molecular complexity index is 1020. The Hall–Kier alpha value is -2.77. The zero-order valence-electron chi connectivity index (χ0n) is 13.3. The Kier molecular flexibility index (Phi) is 4.17. The molecule has 0 radical (unpaired) electrons. The van der Waals surface area contributed by atoms with Crippen LogP contribution in [0.4, 0.5) is 5.13 Å². The predicted molar refractivity (Wildman–Crippen MR) is 102 cm³/mol. The number of amides is 1. The Labute approximate surface area is 152 Å². The first-order chi connectivity index (χ1) is 12.2. The molecule has 124 valence electrons. The summed E-state index contributed by atoms with van der Waals surface area (Å²) in [7, 11) is 0. The lowest BCUT2D eigenvalue weighted by molar-refractivity contribution is 0.102. The molecule has 3 aromatic heterocycles. The van der Waals surface area contributed by atoms with Crippen LogP contribution in [0.1, 0.15) is 15.5 Å². The molecule has 0 saturated carbocycles. The van der Waals surface area contributed by atoms with Crippen molar-refractivity contribution < 1.29 is 4.79 Å². The number of rotatable bonds is 4. The van der Waals surface area contributed by atoms with Crippen molar-refractivity contribution in [3.63, 3.8) is 0 Å². The molecule has 0 atom stereocenters. The average molecular weight is 366 g/mol. The van der Waals surface area contributed by atoms with E-state index in [2.05, 4.69) is 20.3 Å². The Morgan fingerprint density at radius 1 is 1.20 bits per heavy atom. The van der Waals surface area contributed by atoms with Crippen molar-refractivity contribution in [3.8, 4) is 21.7 Å². The molecule has 25 heavy (non-hydrogen) atoms. The van der Waals surface area contributed by atoms with Crippen LogP contribution >= 0.6 is 22.7 Å². The second kappa shape index (κ2) is 6.62. The molecule has 2 N–H and O–H groups in total. The van der Waals surface area contributed by atoms with Gasteiger partial charge in [-0.15, -0.1) is 11.3 Å². The molecule has 0 aliphatic heterocycles. The van der Waals surface area contributed by atoms with Crippen LogP contribution < -0.4 is 5.32 Å². The molecule has 1 amide bonds. The molecule has 0 unspecified atom stereocenters. The molecule has 0 aliphatic rings. The van der Waals surface area contributed by atoms with E-state index in [0.717, 1.165) is 26.7 Å². The number of thiazole rings is 2.